The maximum atomic E-state index is 12.8. The molecular weight excluding hydrogens is 1000 g/mol. The molecule has 0 spiro atoms. The lowest BCUT2D eigenvalue weighted by atomic mass is 10.1. The number of carbonyl (C=O) groups excluding carboxylic acids is 3. The minimum atomic E-state index is -4.61. The van der Waals surface area contributed by atoms with Crippen molar-refractivity contribution in [3.63, 3.8) is 0 Å². The van der Waals surface area contributed by atoms with Crippen molar-refractivity contribution in [3.8, 4) is 34.5 Å². The van der Waals surface area contributed by atoms with Crippen molar-refractivity contribution in [2.75, 3.05) is 20.3 Å². The quantitative estimate of drug-likeness (QED) is 0.0439. The van der Waals surface area contributed by atoms with Gasteiger partial charge < -0.3 is 38.3 Å². The molecule has 0 saturated heterocycles. The number of fused-ring (bicyclic) bond motifs is 1. The summed E-state index contributed by atoms with van der Waals surface area (Å²) in [4.78, 5) is 60.2. The molecule has 0 radical (unpaired) electrons. The monoisotopic (exact) mass is 1040 g/mol. The number of carbonyl (C=O) groups is 4. The smallest absolute Gasteiger partial charge is 0.416 e. The number of carboxylic acids is 1. The molecule has 6 rings (SSSR count). The normalized spacial score (nSPS) is 11.5. The van der Waals surface area contributed by atoms with E-state index in [1.54, 1.807) is 86.8 Å². The number of nitro benzene ring substituents is 1. The molecule has 0 bridgehead atoms. The Morgan fingerprint density at radius 2 is 1.36 bits per heavy atom. The minimum absolute atomic E-state index is 0.0398. The zero-order chi connectivity index (χ0) is 51.0. The molecule has 23 heteroatoms. The molecule has 5 aromatic carbocycles. The van der Waals surface area contributed by atoms with Crippen LogP contribution in [0.2, 0.25) is 20.1 Å². The molecule has 0 amide bonds. The Hall–Kier alpha value is -7.06. The highest BCUT2D eigenvalue weighted by atomic mass is 35.5. The predicted octanol–water partition coefficient (Wildman–Crippen LogP) is 12.2. The van der Waals surface area contributed by atoms with Crippen LogP contribution in [0.5, 0.6) is 34.5 Å². The summed E-state index contributed by atoms with van der Waals surface area (Å²) < 4.78 is 74.0. The van der Waals surface area contributed by atoms with E-state index in [9.17, 15) is 42.5 Å². The van der Waals surface area contributed by atoms with E-state index in [0.29, 0.717) is 49.6 Å². The Balaban J connectivity index is 0.000000238. The lowest BCUT2D eigenvalue weighted by Gasteiger charge is -2.13. The second-order valence-electron chi connectivity index (χ2n) is 13.5. The van der Waals surface area contributed by atoms with Crippen molar-refractivity contribution >= 4 is 86.9 Å². The third kappa shape index (κ3) is 16.3. The fraction of sp³-hybridized carbons (Fsp3) is 0.196. The van der Waals surface area contributed by atoms with E-state index in [2.05, 4.69) is 9.72 Å². The highest BCUT2D eigenvalue weighted by molar-refractivity contribution is 6.36. The maximum Gasteiger partial charge on any atom is 0.416 e. The number of halogens is 7. The van der Waals surface area contributed by atoms with Gasteiger partial charge in [0.05, 0.1) is 39.3 Å². The van der Waals surface area contributed by atoms with E-state index >= 15 is 0 Å². The summed E-state index contributed by atoms with van der Waals surface area (Å²) in [6, 6.07) is 24.0. The molecule has 16 nitrogen and oxygen atoms in total. The van der Waals surface area contributed by atoms with Gasteiger partial charge in [0.1, 0.15) is 45.6 Å². The van der Waals surface area contributed by atoms with Gasteiger partial charge in [0.25, 0.3) is 5.69 Å². The number of methoxy groups -OCH3 is 1. The van der Waals surface area contributed by atoms with E-state index < -0.39 is 70.6 Å². The van der Waals surface area contributed by atoms with Gasteiger partial charge in [-0.25, -0.2) is 19.2 Å². The van der Waals surface area contributed by atoms with Crippen LogP contribution in [0.1, 0.15) is 36.7 Å². The molecule has 0 fully saturated rings. The number of rotatable bonds is 15. The first kappa shape index (κ1) is 54.5. The molecule has 0 aliphatic carbocycles. The standard InChI is InChI=1S/C19H15ClF3NO7.C16H14Cl2O4.C11H8ClNO3/c1-3-29-17(25)10(2)30-18(26)13-9-12(5-6-15(13)24(27)28)31-16-7-4-11(8-14(16)20)19(21,22)23;1-10(16(19)20-2)21-12-4-6-13(7-5-12)22-15-8-3-11(17)9-14(15)18;12-8-3-4-9(16-6-10(14)15)11-7(8)2-1-5-13-11/h4-10H,3H2,1-2H3;3-10H,1-2H3;1-5H,6H2,(H,14,15). The van der Waals surface area contributed by atoms with Gasteiger partial charge >= 0.3 is 30.1 Å². The number of aliphatic carboxylic acids is 1. The predicted molar refractivity (Wildman–Crippen MR) is 246 cm³/mol. The van der Waals surface area contributed by atoms with Gasteiger partial charge in [-0.15, -0.1) is 0 Å². The van der Waals surface area contributed by atoms with Gasteiger partial charge in [-0.05, 0) is 112 Å². The molecule has 2 atom stereocenters. The number of nitro groups is 1. The van der Waals surface area contributed by atoms with Crippen LogP contribution in [0.3, 0.4) is 0 Å². The van der Waals surface area contributed by atoms with Crippen LogP contribution in [0, 0.1) is 10.1 Å². The fourth-order valence-electron chi connectivity index (χ4n) is 5.38. The lowest BCUT2D eigenvalue weighted by molar-refractivity contribution is -0.385. The molecule has 1 heterocycles. The van der Waals surface area contributed by atoms with Crippen LogP contribution in [-0.4, -0.2) is 71.4 Å². The Bertz CT molecular complexity index is 2800. The summed E-state index contributed by atoms with van der Waals surface area (Å²) in [5.41, 5.74) is -1.60. The number of pyridine rings is 1. The number of alkyl halides is 3. The molecule has 6 aromatic rings. The topological polar surface area (TPSA) is 209 Å². The summed E-state index contributed by atoms with van der Waals surface area (Å²) >= 11 is 23.7. The molecule has 69 heavy (non-hydrogen) atoms. The number of aromatic nitrogens is 1. The summed E-state index contributed by atoms with van der Waals surface area (Å²) in [6.07, 6.45) is -5.02. The summed E-state index contributed by atoms with van der Waals surface area (Å²) in [5.74, 6) is -1.78. The Labute approximate surface area is 410 Å². The zero-order valence-corrected chi connectivity index (χ0v) is 39.3. The zero-order valence-electron chi connectivity index (χ0n) is 36.3. The number of benzene rings is 5. The Morgan fingerprint density at radius 3 is 1.96 bits per heavy atom. The Morgan fingerprint density at radius 1 is 0.754 bits per heavy atom. The fourth-order valence-corrected chi connectivity index (χ4v) is 6.26. The first-order valence-electron chi connectivity index (χ1n) is 19.7. The SMILES string of the molecule is CCOC(=O)C(C)OC(=O)c1cc(Oc2ccc(C(F)(F)F)cc2Cl)ccc1[N+](=O)[O-].COC(=O)C(C)Oc1ccc(Oc2ccc(Cl)cc2Cl)cc1.O=C(O)COc1ccc(Cl)c2cccnc12. The van der Waals surface area contributed by atoms with Crippen molar-refractivity contribution in [2.24, 2.45) is 0 Å². The third-order valence-corrected chi connectivity index (χ3v) is 9.75. The van der Waals surface area contributed by atoms with Crippen LogP contribution >= 0.6 is 46.4 Å². The molecule has 1 aromatic heterocycles. The minimum Gasteiger partial charge on any atom is -0.480 e. The average Bonchev–Trinajstić information content (AvgIpc) is 3.30. The number of carboxylic acid groups (broad SMARTS) is 1. The third-order valence-electron chi connectivity index (χ3n) is 8.60. The second kappa shape index (κ2) is 25.3. The first-order valence-corrected chi connectivity index (χ1v) is 21.2. The molecule has 2 unspecified atom stereocenters. The molecule has 364 valence electrons. The van der Waals surface area contributed by atoms with Crippen LogP contribution in [0.4, 0.5) is 18.9 Å². The Kier molecular flexibility index (Phi) is 20.0. The van der Waals surface area contributed by atoms with Crippen molar-refractivity contribution in [1.29, 1.82) is 0 Å². The molecule has 1 N–H and O–H groups in total. The molecule has 0 saturated carbocycles. The first-order chi connectivity index (χ1) is 32.6. The van der Waals surface area contributed by atoms with E-state index in [1.807, 2.05) is 0 Å². The van der Waals surface area contributed by atoms with Gasteiger partial charge in [0.15, 0.2) is 18.8 Å². The van der Waals surface area contributed by atoms with Gasteiger partial charge in [0, 0.05) is 28.7 Å². The number of esters is 3. The van der Waals surface area contributed by atoms with Gasteiger partial charge in [-0.3, -0.25) is 15.1 Å². The molecular formula is C46H37Cl4F3N2O14. The van der Waals surface area contributed by atoms with Crippen LogP contribution in [0.15, 0.2) is 109 Å². The number of ether oxygens (including phenoxy) is 7. The van der Waals surface area contributed by atoms with Gasteiger partial charge in [-0.2, -0.15) is 13.2 Å². The van der Waals surface area contributed by atoms with E-state index in [0.717, 1.165) is 35.7 Å². The van der Waals surface area contributed by atoms with Crippen molar-refractivity contribution in [1.82, 2.24) is 4.98 Å². The van der Waals surface area contributed by atoms with Crippen LogP contribution < -0.4 is 18.9 Å². The van der Waals surface area contributed by atoms with Crippen LogP contribution in [-0.2, 0) is 34.8 Å². The lowest BCUT2D eigenvalue weighted by Crippen LogP contribution is -2.26. The second-order valence-corrected chi connectivity index (χ2v) is 15.2. The van der Waals surface area contributed by atoms with Crippen molar-refractivity contribution < 1.29 is 75.5 Å². The number of hydrogen-bond donors (Lipinski definition) is 1. The van der Waals surface area contributed by atoms with Crippen LogP contribution in [0.25, 0.3) is 10.9 Å². The number of hydrogen-bond acceptors (Lipinski definition) is 14. The van der Waals surface area contributed by atoms with E-state index in [4.69, 9.17) is 79.9 Å². The largest absolute Gasteiger partial charge is 0.480 e. The van der Waals surface area contributed by atoms with Crippen molar-refractivity contribution in [2.45, 2.75) is 39.2 Å². The summed E-state index contributed by atoms with van der Waals surface area (Å²) in [5, 5.41) is 21.7. The van der Waals surface area contributed by atoms with Gasteiger partial charge in [0.2, 0.25) is 0 Å². The van der Waals surface area contributed by atoms with E-state index in [-0.39, 0.29) is 23.1 Å². The van der Waals surface area contributed by atoms with Gasteiger partial charge in [-0.1, -0.05) is 46.4 Å². The molecule has 0 aliphatic rings. The molecule has 0 aliphatic heterocycles. The summed E-state index contributed by atoms with van der Waals surface area (Å²) in [6.45, 7) is 4.03. The summed E-state index contributed by atoms with van der Waals surface area (Å²) in [7, 11) is 1.31. The highest BCUT2D eigenvalue weighted by Crippen LogP contribution is 2.38. The van der Waals surface area contributed by atoms with Crippen molar-refractivity contribution in [3.05, 3.63) is 151 Å². The average molecular weight is 1040 g/mol. The number of nitrogens with zero attached hydrogens (tertiary/aromatic N) is 2. The van der Waals surface area contributed by atoms with E-state index in [1.165, 1.54) is 14.0 Å². The maximum absolute atomic E-state index is 12.8. The highest BCUT2D eigenvalue weighted by Gasteiger charge is 2.31.